The lowest BCUT2D eigenvalue weighted by Crippen LogP contribution is -2.45. The normalized spacial score (nSPS) is 32.0. The van der Waals surface area contributed by atoms with Crippen LogP contribution in [0.4, 0.5) is 11.4 Å². The molecule has 4 heteroatoms. The first-order valence-corrected chi connectivity index (χ1v) is 7.90. The largest absolute Gasteiger partial charge is 0.368 e. The highest BCUT2D eigenvalue weighted by atomic mass is 16.2. The average Bonchev–Trinajstić information content (AvgIpc) is 2.76. The Kier molecular flexibility index (Phi) is 3.66. The summed E-state index contributed by atoms with van der Waals surface area (Å²) < 4.78 is 0. The topological polar surface area (TPSA) is 44.4 Å². The molecule has 0 saturated carbocycles. The number of piperidine rings is 1. The Morgan fingerprint density at radius 1 is 1.29 bits per heavy atom. The number of fused-ring (bicyclic) bond motifs is 1. The molecule has 4 unspecified atom stereocenters. The Balaban J connectivity index is 1.91. The van der Waals surface area contributed by atoms with Gasteiger partial charge in [0.15, 0.2) is 0 Å². The van der Waals surface area contributed by atoms with Gasteiger partial charge in [-0.25, -0.2) is 0 Å². The fraction of sp³-hybridized carbons (Fsp3) is 0.588. The summed E-state index contributed by atoms with van der Waals surface area (Å²) in [5.41, 5.74) is 3.23. The van der Waals surface area contributed by atoms with Crippen LogP contribution in [0.5, 0.6) is 0 Å². The van der Waals surface area contributed by atoms with E-state index in [0.717, 1.165) is 17.8 Å². The first-order valence-electron chi connectivity index (χ1n) is 7.90. The number of nitrogens with one attached hydrogen (secondary N) is 2. The summed E-state index contributed by atoms with van der Waals surface area (Å²) in [6.45, 7) is 8.05. The molecule has 0 bridgehead atoms. The summed E-state index contributed by atoms with van der Waals surface area (Å²) in [5.74, 6) is 1.45. The Labute approximate surface area is 126 Å². The molecule has 1 amide bonds. The molecule has 1 fully saturated rings. The van der Waals surface area contributed by atoms with Crippen LogP contribution in [0.15, 0.2) is 18.2 Å². The minimum atomic E-state index is -0.217. The number of hydrogen-bond donors (Lipinski definition) is 2. The van der Waals surface area contributed by atoms with Crippen molar-refractivity contribution in [1.82, 2.24) is 5.32 Å². The number of hydrogen-bond acceptors (Lipinski definition) is 3. The van der Waals surface area contributed by atoms with E-state index in [2.05, 4.69) is 54.5 Å². The highest BCUT2D eigenvalue weighted by molar-refractivity contribution is 6.03. The van der Waals surface area contributed by atoms with Crippen LogP contribution in [-0.2, 0) is 4.79 Å². The first-order chi connectivity index (χ1) is 10.0. The van der Waals surface area contributed by atoms with Gasteiger partial charge in [-0.3, -0.25) is 4.79 Å². The van der Waals surface area contributed by atoms with Crippen LogP contribution in [0, 0.1) is 11.8 Å². The highest BCUT2D eigenvalue weighted by Gasteiger charge is 2.32. The predicted molar refractivity (Wildman–Crippen MR) is 86.6 cm³/mol. The number of anilines is 2. The fourth-order valence-corrected chi connectivity index (χ4v) is 3.77. The molecule has 114 valence electrons. The number of carbonyl (C=O) groups excluding carboxylic acids is 1. The van der Waals surface area contributed by atoms with Gasteiger partial charge < -0.3 is 15.5 Å². The third-order valence-electron chi connectivity index (χ3n) is 5.09. The molecule has 0 spiro atoms. The van der Waals surface area contributed by atoms with E-state index in [1.54, 1.807) is 0 Å². The van der Waals surface area contributed by atoms with Crippen molar-refractivity contribution >= 4 is 17.3 Å². The lowest BCUT2D eigenvalue weighted by molar-refractivity contribution is -0.117. The molecule has 0 aromatic heterocycles. The van der Waals surface area contributed by atoms with Crippen molar-refractivity contribution < 1.29 is 4.79 Å². The second kappa shape index (κ2) is 5.34. The molecule has 1 aromatic rings. The zero-order valence-electron chi connectivity index (χ0n) is 13.3. The summed E-state index contributed by atoms with van der Waals surface area (Å²) in [4.78, 5) is 14.4. The molecule has 4 nitrogen and oxygen atoms in total. The van der Waals surface area contributed by atoms with Crippen molar-refractivity contribution in [3.63, 3.8) is 0 Å². The number of nitrogens with zero attached hydrogens (tertiary/aromatic N) is 1. The third-order valence-corrected chi connectivity index (χ3v) is 5.09. The number of benzene rings is 1. The van der Waals surface area contributed by atoms with Gasteiger partial charge in [0.2, 0.25) is 5.91 Å². The van der Waals surface area contributed by atoms with E-state index in [9.17, 15) is 4.79 Å². The van der Waals surface area contributed by atoms with Crippen LogP contribution in [0.25, 0.3) is 0 Å². The van der Waals surface area contributed by atoms with E-state index in [4.69, 9.17) is 0 Å². The van der Waals surface area contributed by atoms with Gasteiger partial charge in [0, 0.05) is 29.5 Å². The molecule has 2 aliphatic heterocycles. The summed E-state index contributed by atoms with van der Waals surface area (Å²) in [6.07, 6.45) is 1.29. The number of amides is 1. The summed E-state index contributed by atoms with van der Waals surface area (Å²) >= 11 is 0. The van der Waals surface area contributed by atoms with Gasteiger partial charge in [-0.2, -0.15) is 0 Å². The lowest BCUT2D eigenvalue weighted by Gasteiger charge is -2.42. The SMILES string of the molecule is CNC1C(=O)Nc2cc(N3CC(C)CC(C)C3C)ccc21. The predicted octanol–water partition coefficient (Wildman–Crippen LogP) is 2.77. The molecule has 1 saturated heterocycles. The number of carbonyl (C=O) groups is 1. The maximum Gasteiger partial charge on any atom is 0.246 e. The molecule has 4 atom stereocenters. The molecular formula is C17H25N3O. The lowest BCUT2D eigenvalue weighted by atomic mass is 9.85. The van der Waals surface area contributed by atoms with Gasteiger partial charge in [0.25, 0.3) is 0 Å². The van der Waals surface area contributed by atoms with Gasteiger partial charge in [-0.05, 0) is 44.4 Å². The minimum absolute atomic E-state index is 0.0399. The first kappa shape index (κ1) is 14.4. The van der Waals surface area contributed by atoms with Gasteiger partial charge in [-0.15, -0.1) is 0 Å². The van der Waals surface area contributed by atoms with Crippen LogP contribution in [-0.4, -0.2) is 25.5 Å². The van der Waals surface area contributed by atoms with Crippen LogP contribution in [0.2, 0.25) is 0 Å². The molecule has 0 aliphatic carbocycles. The molecule has 1 aromatic carbocycles. The number of rotatable bonds is 2. The van der Waals surface area contributed by atoms with Gasteiger partial charge in [-0.1, -0.05) is 19.9 Å². The van der Waals surface area contributed by atoms with Crippen molar-refractivity contribution in [2.45, 2.75) is 39.3 Å². The van der Waals surface area contributed by atoms with E-state index in [1.807, 2.05) is 7.05 Å². The van der Waals surface area contributed by atoms with Crippen molar-refractivity contribution in [3.05, 3.63) is 23.8 Å². The third kappa shape index (κ3) is 2.42. The van der Waals surface area contributed by atoms with E-state index in [1.165, 1.54) is 12.1 Å². The molecule has 2 aliphatic rings. The minimum Gasteiger partial charge on any atom is -0.368 e. The summed E-state index contributed by atoms with van der Waals surface area (Å²) in [6, 6.07) is 6.69. The Morgan fingerprint density at radius 2 is 2.05 bits per heavy atom. The highest BCUT2D eigenvalue weighted by Crippen LogP contribution is 2.37. The second-order valence-electron chi connectivity index (χ2n) is 6.69. The molecular weight excluding hydrogens is 262 g/mol. The molecule has 21 heavy (non-hydrogen) atoms. The molecule has 3 rings (SSSR count). The number of likely N-dealkylation sites (N-methyl/N-ethyl adjacent to an activating group) is 1. The zero-order valence-corrected chi connectivity index (χ0v) is 13.3. The zero-order chi connectivity index (χ0) is 15.1. The van der Waals surface area contributed by atoms with E-state index in [0.29, 0.717) is 17.9 Å². The Hall–Kier alpha value is -1.55. The molecule has 2 N–H and O–H groups in total. The van der Waals surface area contributed by atoms with Crippen LogP contribution in [0.3, 0.4) is 0 Å². The quantitative estimate of drug-likeness (QED) is 0.879. The maximum atomic E-state index is 11.9. The smallest absolute Gasteiger partial charge is 0.246 e. The van der Waals surface area contributed by atoms with Crippen molar-refractivity contribution in [1.29, 1.82) is 0 Å². The average molecular weight is 287 g/mol. The second-order valence-corrected chi connectivity index (χ2v) is 6.69. The van der Waals surface area contributed by atoms with Gasteiger partial charge >= 0.3 is 0 Å². The van der Waals surface area contributed by atoms with E-state index >= 15 is 0 Å². The Morgan fingerprint density at radius 3 is 2.76 bits per heavy atom. The van der Waals surface area contributed by atoms with Crippen LogP contribution in [0.1, 0.15) is 38.8 Å². The fourth-order valence-electron chi connectivity index (χ4n) is 3.77. The van der Waals surface area contributed by atoms with Crippen molar-refractivity contribution in [2.75, 3.05) is 23.8 Å². The molecule has 2 heterocycles. The van der Waals surface area contributed by atoms with Crippen molar-refractivity contribution in [2.24, 2.45) is 11.8 Å². The van der Waals surface area contributed by atoms with E-state index in [-0.39, 0.29) is 11.9 Å². The maximum absolute atomic E-state index is 11.9. The van der Waals surface area contributed by atoms with Crippen molar-refractivity contribution in [3.8, 4) is 0 Å². The summed E-state index contributed by atoms with van der Waals surface area (Å²) in [7, 11) is 1.82. The van der Waals surface area contributed by atoms with E-state index < -0.39 is 0 Å². The Bertz CT molecular complexity index is 557. The van der Waals surface area contributed by atoms with Gasteiger partial charge in [0.05, 0.1) is 0 Å². The molecule has 0 radical (unpaired) electrons. The summed E-state index contributed by atoms with van der Waals surface area (Å²) in [5, 5.41) is 6.05. The van der Waals surface area contributed by atoms with Crippen LogP contribution >= 0.6 is 0 Å². The standard InChI is InChI=1S/C17H25N3O/c1-10-7-11(2)12(3)20(9-10)13-5-6-14-15(8-13)19-17(21)16(14)18-4/h5-6,8,10-12,16,18H,7,9H2,1-4H3,(H,19,21). The van der Waals surface area contributed by atoms with Crippen LogP contribution < -0.4 is 15.5 Å². The van der Waals surface area contributed by atoms with Gasteiger partial charge in [0.1, 0.15) is 6.04 Å². The monoisotopic (exact) mass is 287 g/mol.